The number of hydrogen-bond donors (Lipinski definition) is 0. The highest BCUT2D eigenvalue weighted by Gasteiger charge is 2.40. The van der Waals surface area contributed by atoms with E-state index in [-0.39, 0.29) is 17.3 Å². The predicted molar refractivity (Wildman–Crippen MR) is 108 cm³/mol. The van der Waals surface area contributed by atoms with Crippen LogP contribution in [0.2, 0.25) is 0 Å². The van der Waals surface area contributed by atoms with Gasteiger partial charge in [0.25, 0.3) is 0 Å². The van der Waals surface area contributed by atoms with Crippen LogP contribution in [0.4, 0.5) is 18.9 Å². The van der Waals surface area contributed by atoms with Crippen LogP contribution in [0.25, 0.3) is 5.65 Å². The first-order valence-electron chi connectivity index (χ1n) is 10.5. The quantitative estimate of drug-likeness (QED) is 0.620. The minimum Gasteiger partial charge on any atom is -0.370 e. The van der Waals surface area contributed by atoms with E-state index in [1.807, 2.05) is 18.2 Å². The van der Waals surface area contributed by atoms with Crippen molar-refractivity contribution in [1.82, 2.24) is 19.8 Å². The maximum Gasteiger partial charge on any atom is 0.422 e. The zero-order valence-electron chi connectivity index (χ0n) is 16.8. The number of anilines is 1. The van der Waals surface area contributed by atoms with Gasteiger partial charge in [0.05, 0.1) is 23.5 Å². The van der Waals surface area contributed by atoms with E-state index in [9.17, 15) is 18.4 Å². The van der Waals surface area contributed by atoms with Crippen LogP contribution in [0.3, 0.4) is 0 Å². The van der Waals surface area contributed by atoms with Crippen LogP contribution >= 0.6 is 0 Å². The number of piperidine rings is 1. The van der Waals surface area contributed by atoms with E-state index in [0.29, 0.717) is 49.7 Å². The third-order valence-corrected chi connectivity index (χ3v) is 6.29. The molecule has 2 fully saturated rings. The second-order valence-corrected chi connectivity index (χ2v) is 8.36. The summed E-state index contributed by atoms with van der Waals surface area (Å²) in [6.07, 6.45) is 0.828. The van der Waals surface area contributed by atoms with Gasteiger partial charge >= 0.3 is 6.18 Å². The van der Waals surface area contributed by atoms with Crippen LogP contribution < -0.4 is 4.90 Å². The smallest absolute Gasteiger partial charge is 0.370 e. The van der Waals surface area contributed by atoms with E-state index in [2.05, 4.69) is 21.4 Å². The number of aromatic nitrogens is 4. The molecule has 160 valence electrons. The molecule has 1 saturated carbocycles. The van der Waals surface area contributed by atoms with Crippen LogP contribution in [-0.2, 0) is 12.6 Å². The molecule has 1 saturated heterocycles. The molecular formula is C22H21F3N6. The van der Waals surface area contributed by atoms with E-state index in [0.717, 1.165) is 18.4 Å². The van der Waals surface area contributed by atoms with Gasteiger partial charge in [-0.1, -0.05) is 18.2 Å². The fourth-order valence-electron chi connectivity index (χ4n) is 4.49. The fraction of sp³-hybridized carbons (Fsp3) is 0.455. The molecule has 1 aliphatic carbocycles. The van der Waals surface area contributed by atoms with Gasteiger partial charge < -0.3 is 4.90 Å². The van der Waals surface area contributed by atoms with E-state index in [1.54, 1.807) is 11.0 Å². The molecule has 6 nitrogen and oxygen atoms in total. The predicted octanol–water partition coefficient (Wildman–Crippen LogP) is 4.35. The van der Waals surface area contributed by atoms with E-state index < -0.39 is 11.7 Å². The SMILES string of the molecule is N#Cc1ccccc1C1CCN(c2cnn3c(CC4CC4)nnc3c2C(F)(F)F)CC1. The number of rotatable bonds is 4. The Balaban J connectivity index is 1.44. The Labute approximate surface area is 177 Å². The van der Waals surface area contributed by atoms with Crippen molar-refractivity contribution in [3.8, 4) is 6.07 Å². The van der Waals surface area contributed by atoms with Crippen LogP contribution in [-0.4, -0.2) is 32.9 Å². The minimum atomic E-state index is -4.56. The Morgan fingerprint density at radius 1 is 1.06 bits per heavy atom. The van der Waals surface area contributed by atoms with Gasteiger partial charge in [-0.25, -0.2) is 0 Å². The molecule has 9 heteroatoms. The molecular weight excluding hydrogens is 405 g/mol. The van der Waals surface area contributed by atoms with Crippen LogP contribution in [0.15, 0.2) is 30.5 Å². The van der Waals surface area contributed by atoms with Crippen molar-refractivity contribution in [3.05, 3.63) is 53.0 Å². The summed E-state index contributed by atoms with van der Waals surface area (Å²) in [6.45, 7) is 0.906. The van der Waals surface area contributed by atoms with Crippen LogP contribution in [0.5, 0.6) is 0 Å². The summed E-state index contributed by atoms with van der Waals surface area (Å²) >= 11 is 0. The molecule has 1 aliphatic heterocycles. The molecule has 0 atom stereocenters. The summed E-state index contributed by atoms with van der Waals surface area (Å²) in [4.78, 5) is 1.73. The second-order valence-electron chi connectivity index (χ2n) is 8.36. The van der Waals surface area contributed by atoms with Crippen molar-refractivity contribution < 1.29 is 13.2 Å². The van der Waals surface area contributed by atoms with Gasteiger partial charge in [0, 0.05) is 19.5 Å². The molecule has 31 heavy (non-hydrogen) atoms. The van der Waals surface area contributed by atoms with Gasteiger partial charge in [0.1, 0.15) is 5.56 Å². The Morgan fingerprint density at radius 2 is 1.81 bits per heavy atom. The molecule has 0 radical (unpaired) electrons. The van der Waals surface area contributed by atoms with Crippen molar-refractivity contribution in [2.75, 3.05) is 18.0 Å². The zero-order chi connectivity index (χ0) is 21.6. The van der Waals surface area contributed by atoms with Gasteiger partial charge in [-0.05, 0) is 49.1 Å². The second kappa shape index (κ2) is 7.52. The monoisotopic (exact) mass is 426 g/mol. The van der Waals surface area contributed by atoms with Gasteiger partial charge in [0.15, 0.2) is 11.5 Å². The lowest BCUT2D eigenvalue weighted by atomic mass is 9.86. The number of nitrogens with zero attached hydrogens (tertiary/aromatic N) is 6. The molecule has 0 bridgehead atoms. The zero-order valence-corrected chi connectivity index (χ0v) is 16.8. The maximum absolute atomic E-state index is 14.1. The summed E-state index contributed by atoms with van der Waals surface area (Å²) in [7, 11) is 0. The van der Waals surface area contributed by atoms with Gasteiger partial charge in [-0.3, -0.25) is 0 Å². The lowest BCUT2D eigenvalue weighted by Crippen LogP contribution is -2.35. The van der Waals surface area contributed by atoms with Crippen molar-refractivity contribution in [2.24, 2.45) is 5.92 Å². The van der Waals surface area contributed by atoms with Crippen molar-refractivity contribution in [2.45, 2.75) is 44.2 Å². The highest BCUT2D eigenvalue weighted by molar-refractivity contribution is 5.65. The summed E-state index contributed by atoms with van der Waals surface area (Å²) in [5, 5.41) is 21.5. The number of fused-ring (bicyclic) bond motifs is 1. The van der Waals surface area contributed by atoms with Gasteiger partial charge in [0.2, 0.25) is 0 Å². The molecule has 0 unspecified atom stereocenters. The third-order valence-electron chi connectivity index (χ3n) is 6.29. The highest BCUT2D eigenvalue weighted by atomic mass is 19.4. The molecule has 2 aliphatic rings. The number of benzene rings is 1. The molecule has 5 rings (SSSR count). The third kappa shape index (κ3) is 3.71. The Bertz CT molecular complexity index is 1150. The first-order valence-corrected chi connectivity index (χ1v) is 10.5. The lowest BCUT2D eigenvalue weighted by molar-refractivity contribution is -0.136. The lowest BCUT2D eigenvalue weighted by Gasteiger charge is -2.35. The van der Waals surface area contributed by atoms with Crippen molar-refractivity contribution in [1.29, 1.82) is 5.26 Å². The summed E-state index contributed by atoms with van der Waals surface area (Å²) < 4.78 is 43.5. The highest BCUT2D eigenvalue weighted by Crippen LogP contribution is 2.41. The summed E-state index contributed by atoms with van der Waals surface area (Å²) in [6, 6.07) is 9.65. The van der Waals surface area contributed by atoms with E-state index in [1.165, 1.54) is 10.7 Å². The topological polar surface area (TPSA) is 70.1 Å². The molecule has 0 N–H and O–H groups in total. The largest absolute Gasteiger partial charge is 0.422 e. The average molecular weight is 426 g/mol. The molecule has 0 spiro atoms. The summed E-state index contributed by atoms with van der Waals surface area (Å²) in [5.41, 5.74) is 0.658. The standard InChI is InChI=1S/C22H21F3N6/c23-22(24,25)20-18(13-27-31-19(11-14-5-6-14)28-29-21(20)31)30-9-7-15(8-10-30)17-4-2-1-3-16(17)12-26/h1-4,13-15H,5-11H2. The number of hydrogen-bond acceptors (Lipinski definition) is 5. The fourth-order valence-corrected chi connectivity index (χ4v) is 4.49. The molecule has 3 aromatic rings. The minimum absolute atomic E-state index is 0.0531. The summed E-state index contributed by atoms with van der Waals surface area (Å²) in [5.74, 6) is 1.11. The first-order chi connectivity index (χ1) is 15.0. The molecule has 1 aromatic carbocycles. The van der Waals surface area contributed by atoms with Gasteiger partial charge in [-0.15, -0.1) is 10.2 Å². The number of nitriles is 1. The maximum atomic E-state index is 14.1. The number of halogens is 3. The Morgan fingerprint density at radius 3 is 2.48 bits per heavy atom. The Hall–Kier alpha value is -3.15. The van der Waals surface area contributed by atoms with Crippen molar-refractivity contribution >= 4 is 11.3 Å². The number of alkyl halides is 3. The van der Waals surface area contributed by atoms with E-state index >= 15 is 0 Å². The van der Waals surface area contributed by atoms with Gasteiger partial charge in [-0.2, -0.15) is 28.0 Å². The van der Waals surface area contributed by atoms with Crippen LogP contribution in [0, 0.1) is 17.2 Å². The van der Waals surface area contributed by atoms with E-state index in [4.69, 9.17) is 0 Å². The molecule has 3 heterocycles. The Kier molecular flexibility index (Phi) is 4.80. The van der Waals surface area contributed by atoms with Crippen LogP contribution in [0.1, 0.15) is 54.1 Å². The normalized spacial score (nSPS) is 17.8. The molecule has 2 aromatic heterocycles. The molecule has 0 amide bonds. The first kappa shape index (κ1) is 19.8. The average Bonchev–Trinajstić information content (AvgIpc) is 3.50. The van der Waals surface area contributed by atoms with Crippen molar-refractivity contribution in [3.63, 3.8) is 0 Å².